The molecule has 0 saturated heterocycles. The molecule has 0 amide bonds. The van der Waals surface area contributed by atoms with Crippen molar-refractivity contribution in [2.75, 3.05) is 0 Å². The van der Waals surface area contributed by atoms with Crippen LogP contribution in [-0.4, -0.2) is 20.8 Å². The van der Waals surface area contributed by atoms with Crippen LogP contribution in [0.5, 0.6) is 0 Å². The zero-order valence-corrected chi connectivity index (χ0v) is 27.9. The smallest absolute Gasteiger partial charge is 0.252 e. The van der Waals surface area contributed by atoms with Gasteiger partial charge in [-0.15, -0.1) is 0 Å². The Bertz CT molecular complexity index is 2540. The molecule has 47 heavy (non-hydrogen) atoms. The molecule has 1 saturated carbocycles. The van der Waals surface area contributed by atoms with Crippen LogP contribution >= 0.6 is 0 Å². The van der Waals surface area contributed by atoms with Crippen molar-refractivity contribution in [2.45, 2.75) is 65.7 Å². The zero-order chi connectivity index (χ0) is 31.5. The van der Waals surface area contributed by atoms with Crippen molar-refractivity contribution in [3.8, 4) is 22.8 Å². The van der Waals surface area contributed by atoms with Gasteiger partial charge in [-0.25, -0.2) is 4.98 Å². The second-order valence-electron chi connectivity index (χ2n) is 15.7. The number of para-hydroxylation sites is 2. The zero-order valence-electron chi connectivity index (χ0n) is 27.9. The molecule has 228 valence electrons. The molecule has 2 bridgehead atoms. The van der Waals surface area contributed by atoms with Crippen LogP contribution < -0.4 is 16.4 Å². The van der Waals surface area contributed by atoms with E-state index in [9.17, 15) is 0 Å². The molecule has 3 unspecified atom stereocenters. The lowest BCUT2D eigenvalue weighted by atomic mass is 9.32. The Morgan fingerprint density at radius 2 is 1.60 bits per heavy atom. The summed E-state index contributed by atoms with van der Waals surface area (Å²) >= 11 is 0. The van der Waals surface area contributed by atoms with Crippen LogP contribution in [0.2, 0.25) is 0 Å². The first-order valence-corrected chi connectivity index (χ1v) is 17.7. The molecule has 2 aliphatic heterocycles. The van der Waals surface area contributed by atoms with Gasteiger partial charge in [0.05, 0.1) is 22.1 Å². The molecule has 2 aliphatic carbocycles. The molecular formula is C43H38BN3. The molecule has 5 aromatic carbocycles. The summed E-state index contributed by atoms with van der Waals surface area (Å²) in [5.41, 5.74) is 20.8. The van der Waals surface area contributed by atoms with Crippen LogP contribution in [-0.2, 0) is 11.8 Å². The number of aromatic nitrogens is 3. The highest BCUT2D eigenvalue weighted by atomic mass is 15.1. The van der Waals surface area contributed by atoms with Gasteiger partial charge in [0.25, 0.3) is 6.71 Å². The molecule has 3 nitrogen and oxygen atoms in total. The van der Waals surface area contributed by atoms with Gasteiger partial charge in [0, 0.05) is 27.7 Å². The van der Waals surface area contributed by atoms with Crippen molar-refractivity contribution in [1.82, 2.24) is 14.1 Å². The van der Waals surface area contributed by atoms with Crippen LogP contribution in [0.3, 0.4) is 0 Å². The second-order valence-corrected chi connectivity index (χ2v) is 15.7. The normalized spacial score (nSPS) is 21.9. The Morgan fingerprint density at radius 3 is 2.45 bits per heavy atom. The molecule has 2 aromatic heterocycles. The maximum absolute atomic E-state index is 5.69. The molecule has 0 N–H and O–H groups in total. The molecule has 4 heterocycles. The highest BCUT2D eigenvalue weighted by molar-refractivity contribution is 7.00. The largest absolute Gasteiger partial charge is 0.310 e. The molecule has 7 aromatic rings. The fourth-order valence-corrected chi connectivity index (χ4v) is 10.9. The van der Waals surface area contributed by atoms with E-state index in [4.69, 9.17) is 4.98 Å². The number of fused-ring (bicyclic) bond motifs is 13. The fraction of sp³-hybridized carbons (Fsp3) is 0.279. The summed E-state index contributed by atoms with van der Waals surface area (Å²) in [6, 6.07) is 30.1. The van der Waals surface area contributed by atoms with E-state index in [1.807, 2.05) is 0 Å². The number of hydrogen-bond acceptors (Lipinski definition) is 1. The number of hydrogen-bond donors (Lipinski definition) is 0. The van der Waals surface area contributed by atoms with Gasteiger partial charge in [-0.1, -0.05) is 68.4 Å². The number of imidazole rings is 1. The van der Waals surface area contributed by atoms with Crippen LogP contribution in [0.15, 0.2) is 78.9 Å². The predicted octanol–water partition coefficient (Wildman–Crippen LogP) is 8.11. The Kier molecular flexibility index (Phi) is 4.88. The average molecular weight is 608 g/mol. The fourth-order valence-electron chi connectivity index (χ4n) is 10.9. The van der Waals surface area contributed by atoms with E-state index < -0.39 is 0 Å². The van der Waals surface area contributed by atoms with Gasteiger partial charge in [0.1, 0.15) is 5.82 Å². The van der Waals surface area contributed by atoms with E-state index in [1.165, 1.54) is 109 Å². The lowest BCUT2D eigenvalue weighted by Gasteiger charge is -2.49. The molecule has 11 rings (SSSR count). The summed E-state index contributed by atoms with van der Waals surface area (Å²) in [6.07, 6.45) is 5.06. The van der Waals surface area contributed by atoms with Crippen LogP contribution in [0.1, 0.15) is 60.9 Å². The highest BCUT2D eigenvalue weighted by Crippen LogP contribution is 2.52. The predicted molar refractivity (Wildman–Crippen MR) is 197 cm³/mol. The third kappa shape index (κ3) is 3.09. The maximum atomic E-state index is 5.69. The quantitative estimate of drug-likeness (QED) is 0.173. The highest BCUT2D eigenvalue weighted by Gasteiger charge is 2.48. The van der Waals surface area contributed by atoms with Crippen molar-refractivity contribution in [1.29, 1.82) is 0 Å². The van der Waals surface area contributed by atoms with E-state index >= 15 is 0 Å². The van der Waals surface area contributed by atoms with Gasteiger partial charge in [0.2, 0.25) is 0 Å². The van der Waals surface area contributed by atoms with Gasteiger partial charge in [0.15, 0.2) is 0 Å². The van der Waals surface area contributed by atoms with E-state index in [-0.39, 0.29) is 12.1 Å². The molecule has 3 atom stereocenters. The van der Waals surface area contributed by atoms with Crippen molar-refractivity contribution in [2.24, 2.45) is 11.8 Å². The van der Waals surface area contributed by atoms with Crippen LogP contribution in [0, 0.1) is 32.6 Å². The molecule has 0 radical (unpaired) electrons. The monoisotopic (exact) mass is 607 g/mol. The van der Waals surface area contributed by atoms with Gasteiger partial charge in [-0.3, -0.25) is 4.57 Å². The van der Waals surface area contributed by atoms with Crippen molar-refractivity contribution >= 4 is 55.9 Å². The third-order valence-corrected chi connectivity index (χ3v) is 13.0. The maximum Gasteiger partial charge on any atom is 0.252 e. The van der Waals surface area contributed by atoms with E-state index in [0.717, 1.165) is 17.7 Å². The lowest BCUT2D eigenvalue weighted by Crippen LogP contribution is -2.61. The van der Waals surface area contributed by atoms with Crippen LogP contribution in [0.4, 0.5) is 0 Å². The summed E-state index contributed by atoms with van der Waals surface area (Å²) in [5, 5.41) is 2.75. The number of benzene rings is 5. The Hall–Kier alpha value is -4.57. The van der Waals surface area contributed by atoms with E-state index in [0.29, 0.717) is 0 Å². The number of nitrogens with zero attached hydrogens (tertiary/aromatic N) is 3. The third-order valence-electron chi connectivity index (χ3n) is 13.0. The average Bonchev–Trinajstić information content (AvgIpc) is 3.62. The molecule has 0 spiro atoms. The number of rotatable bonds is 1. The standard InChI is InChI=1S/C43H38BN3/c1-23-17-18-43(5)22-27(23)20-29-30(43)21-32-40-38(29)44-31-14-7-9-16-34(31)46-33-15-8-6-13-28(33)37-26(4)19-35(39(44)41(37)46)47(40)42(45-32)36-24(2)11-10-12-25(36)3/h6-16,19,21,23,27H,17-18,20,22H2,1-5H3. The summed E-state index contributed by atoms with van der Waals surface area (Å²) in [5.74, 6) is 2.59. The molecular weight excluding hydrogens is 569 g/mol. The van der Waals surface area contributed by atoms with Gasteiger partial charge in [-0.05, 0) is 132 Å². The van der Waals surface area contributed by atoms with Gasteiger partial charge >= 0.3 is 0 Å². The Morgan fingerprint density at radius 1 is 0.809 bits per heavy atom. The first kappa shape index (κ1) is 26.5. The molecule has 1 fully saturated rings. The molecule has 4 aliphatic rings. The van der Waals surface area contributed by atoms with Crippen molar-refractivity contribution in [3.63, 3.8) is 0 Å². The van der Waals surface area contributed by atoms with E-state index in [1.54, 1.807) is 11.1 Å². The first-order chi connectivity index (χ1) is 22.8. The summed E-state index contributed by atoms with van der Waals surface area (Å²) in [7, 11) is 0. The van der Waals surface area contributed by atoms with Gasteiger partial charge in [-0.2, -0.15) is 0 Å². The minimum absolute atomic E-state index is 0.173. The van der Waals surface area contributed by atoms with Gasteiger partial charge < -0.3 is 4.57 Å². The lowest BCUT2D eigenvalue weighted by molar-refractivity contribution is 0.155. The van der Waals surface area contributed by atoms with Crippen LogP contribution in [0.25, 0.3) is 55.6 Å². The number of aryl methyl sites for hydroxylation is 3. The SMILES string of the molecule is Cc1cccc(C)c1-c1nc2cc3c(c4c2n1-c1cc(C)c2c5ccccc5n5c2c1B4c1ccccc1-5)CC1CC3(C)CCC1C. The minimum atomic E-state index is 0.173. The Balaban J connectivity index is 1.40. The second kappa shape index (κ2) is 8.66. The topological polar surface area (TPSA) is 22.8 Å². The Labute approximate surface area is 276 Å². The first-order valence-electron chi connectivity index (χ1n) is 17.7. The van der Waals surface area contributed by atoms with Crippen molar-refractivity contribution < 1.29 is 0 Å². The van der Waals surface area contributed by atoms with E-state index in [2.05, 4.69) is 123 Å². The summed E-state index contributed by atoms with van der Waals surface area (Å²) < 4.78 is 5.19. The minimum Gasteiger partial charge on any atom is -0.310 e. The van der Waals surface area contributed by atoms with Crippen molar-refractivity contribution in [3.05, 3.63) is 107 Å². The molecule has 4 heteroatoms. The summed E-state index contributed by atoms with van der Waals surface area (Å²) in [6.45, 7) is 12.1. The summed E-state index contributed by atoms with van der Waals surface area (Å²) in [4.78, 5) is 5.69.